The molecular formula is C25H29FN2O4. The van der Waals surface area contributed by atoms with Gasteiger partial charge in [-0.2, -0.15) is 0 Å². The van der Waals surface area contributed by atoms with Crippen molar-refractivity contribution in [2.75, 3.05) is 27.2 Å². The number of ether oxygens (including phenoxy) is 1. The van der Waals surface area contributed by atoms with Gasteiger partial charge in [0.15, 0.2) is 0 Å². The smallest absolute Gasteiger partial charge is 0.295 e. The minimum atomic E-state index is -1.01. The predicted octanol–water partition coefficient (Wildman–Crippen LogP) is 3.99. The highest BCUT2D eigenvalue weighted by molar-refractivity contribution is 6.46. The third kappa shape index (κ3) is 4.99. The number of aliphatic hydroxyl groups is 1. The molecular weight excluding hydrogens is 411 g/mol. The van der Waals surface area contributed by atoms with Gasteiger partial charge in [0.2, 0.25) is 0 Å². The van der Waals surface area contributed by atoms with E-state index < -0.39 is 23.5 Å². The summed E-state index contributed by atoms with van der Waals surface area (Å²) in [5, 5.41) is 11.1. The summed E-state index contributed by atoms with van der Waals surface area (Å²) in [6.07, 6.45) is 0.524. The second-order valence-electron chi connectivity index (χ2n) is 8.37. The number of halogens is 1. The van der Waals surface area contributed by atoms with E-state index in [1.807, 2.05) is 32.8 Å². The molecule has 1 aliphatic heterocycles. The van der Waals surface area contributed by atoms with E-state index in [0.29, 0.717) is 24.3 Å². The van der Waals surface area contributed by atoms with Crippen molar-refractivity contribution in [2.45, 2.75) is 32.4 Å². The first kappa shape index (κ1) is 23.5. The zero-order chi connectivity index (χ0) is 23.4. The molecule has 0 aromatic heterocycles. The van der Waals surface area contributed by atoms with Crippen LogP contribution in [0.2, 0.25) is 0 Å². The molecule has 0 saturated carbocycles. The van der Waals surface area contributed by atoms with E-state index >= 15 is 0 Å². The van der Waals surface area contributed by atoms with E-state index in [2.05, 4.69) is 0 Å². The number of likely N-dealkylation sites (tertiary alicyclic amines) is 1. The van der Waals surface area contributed by atoms with Crippen molar-refractivity contribution in [3.8, 4) is 5.75 Å². The average Bonchev–Trinajstić information content (AvgIpc) is 2.98. The minimum Gasteiger partial charge on any atom is -0.507 e. The van der Waals surface area contributed by atoms with Crippen molar-refractivity contribution in [3.63, 3.8) is 0 Å². The summed E-state index contributed by atoms with van der Waals surface area (Å²) < 4.78 is 20.5. The number of nitrogens with zero attached hydrogens (tertiary/aromatic N) is 2. The summed E-state index contributed by atoms with van der Waals surface area (Å²) in [6.45, 7) is 4.71. The lowest BCUT2D eigenvalue weighted by molar-refractivity contribution is -0.140. The summed E-state index contributed by atoms with van der Waals surface area (Å²) in [7, 11) is 3.82. The Bertz CT molecular complexity index is 1030. The van der Waals surface area contributed by atoms with E-state index in [9.17, 15) is 19.1 Å². The van der Waals surface area contributed by atoms with Crippen LogP contribution in [-0.2, 0) is 9.59 Å². The summed E-state index contributed by atoms with van der Waals surface area (Å²) in [6, 6.07) is 11.7. The Labute approximate surface area is 187 Å². The topological polar surface area (TPSA) is 70.1 Å². The van der Waals surface area contributed by atoms with Gasteiger partial charge < -0.3 is 19.6 Å². The predicted molar refractivity (Wildman–Crippen MR) is 121 cm³/mol. The Hall–Kier alpha value is -3.19. The third-order valence-electron chi connectivity index (χ3n) is 5.22. The molecule has 170 valence electrons. The largest absolute Gasteiger partial charge is 0.507 e. The first-order valence-corrected chi connectivity index (χ1v) is 10.7. The minimum absolute atomic E-state index is 0.0758. The molecule has 0 bridgehead atoms. The number of rotatable bonds is 8. The molecule has 0 radical (unpaired) electrons. The van der Waals surface area contributed by atoms with Crippen molar-refractivity contribution >= 4 is 17.4 Å². The third-order valence-corrected chi connectivity index (χ3v) is 5.22. The number of aliphatic hydroxyl groups excluding tert-OH is 1. The monoisotopic (exact) mass is 440 g/mol. The van der Waals surface area contributed by atoms with Gasteiger partial charge in [0.25, 0.3) is 11.7 Å². The van der Waals surface area contributed by atoms with Crippen LogP contribution in [0.15, 0.2) is 54.1 Å². The standard InChI is InChI=1S/C25H29FN2O4/c1-16(2)32-18-10-7-9-17(15-18)23(29)21-22(19-11-5-6-12-20(19)26)28(25(31)24(21)30)14-8-13-27(3)4/h5-7,9-12,15-16,22,29H,8,13-14H2,1-4H3/b23-21-. The molecule has 1 fully saturated rings. The molecule has 1 atom stereocenters. The van der Waals surface area contributed by atoms with Crippen LogP contribution in [-0.4, -0.2) is 59.9 Å². The van der Waals surface area contributed by atoms with Gasteiger partial charge in [-0.25, -0.2) is 4.39 Å². The number of Topliss-reactive ketones (excluding diaryl/α,β-unsaturated/α-hetero) is 1. The van der Waals surface area contributed by atoms with Gasteiger partial charge in [-0.3, -0.25) is 9.59 Å². The Morgan fingerprint density at radius 1 is 1.16 bits per heavy atom. The molecule has 32 heavy (non-hydrogen) atoms. The van der Waals surface area contributed by atoms with Gasteiger partial charge in [0.05, 0.1) is 17.7 Å². The summed E-state index contributed by atoms with van der Waals surface area (Å²) in [5.41, 5.74) is 0.384. The number of carbonyl (C=O) groups excluding carboxylic acids is 2. The van der Waals surface area contributed by atoms with E-state index in [-0.39, 0.29) is 29.5 Å². The summed E-state index contributed by atoms with van der Waals surface area (Å²) in [5.74, 6) is -1.93. The SMILES string of the molecule is CC(C)Oc1cccc(/C(O)=C2/C(=O)C(=O)N(CCCN(C)C)C2c2ccccc2F)c1. The van der Waals surface area contributed by atoms with Crippen LogP contribution in [0.25, 0.3) is 5.76 Å². The first-order valence-electron chi connectivity index (χ1n) is 10.7. The van der Waals surface area contributed by atoms with Crippen LogP contribution in [0, 0.1) is 5.82 Å². The Morgan fingerprint density at radius 3 is 2.53 bits per heavy atom. The fraction of sp³-hybridized carbons (Fsp3) is 0.360. The number of amides is 1. The van der Waals surface area contributed by atoms with Crippen LogP contribution in [0.4, 0.5) is 4.39 Å². The molecule has 7 heteroatoms. The number of hydrogen-bond acceptors (Lipinski definition) is 5. The molecule has 1 amide bonds. The first-order chi connectivity index (χ1) is 15.2. The van der Waals surface area contributed by atoms with Crippen LogP contribution >= 0.6 is 0 Å². The Kier molecular flexibility index (Phi) is 7.30. The zero-order valence-electron chi connectivity index (χ0n) is 18.8. The van der Waals surface area contributed by atoms with Crippen molar-refractivity contribution < 1.29 is 23.8 Å². The van der Waals surface area contributed by atoms with Crippen LogP contribution < -0.4 is 4.74 Å². The molecule has 1 N–H and O–H groups in total. The molecule has 6 nitrogen and oxygen atoms in total. The van der Waals surface area contributed by atoms with Gasteiger partial charge in [0.1, 0.15) is 17.3 Å². The molecule has 1 heterocycles. The van der Waals surface area contributed by atoms with Gasteiger partial charge in [0, 0.05) is 17.7 Å². The van der Waals surface area contributed by atoms with Crippen molar-refractivity contribution in [3.05, 3.63) is 71.0 Å². The van der Waals surface area contributed by atoms with Crippen LogP contribution in [0.3, 0.4) is 0 Å². The Morgan fingerprint density at radius 2 is 1.88 bits per heavy atom. The molecule has 0 aliphatic carbocycles. The van der Waals surface area contributed by atoms with Gasteiger partial charge in [-0.05, 0) is 59.1 Å². The van der Waals surface area contributed by atoms with Crippen molar-refractivity contribution in [2.24, 2.45) is 0 Å². The number of carbonyl (C=O) groups is 2. The lowest BCUT2D eigenvalue weighted by Crippen LogP contribution is -2.32. The average molecular weight is 441 g/mol. The van der Waals surface area contributed by atoms with Crippen LogP contribution in [0.1, 0.15) is 37.4 Å². The molecule has 1 aliphatic rings. The maximum absolute atomic E-state index is 14.8. The quantitative estimate of drug-likeness (QED) is 0.382. The highest BCUT2D eigenvalue weighted by atomic mass is 19.1. The highest BCUT2D eigenvalue weighted by Gasteiger charge is 2.46. The highest BCUT2D eigenvalue weighted by Crippen LogP contribution is 2.40. The fourth-order valence-corrected chi connectivity index (χ4v) is 3.83. The molecule has 1 saturated heterocycles. The lowest BCUT2D eigenvalue weighted by Gasteiger charge is -2.26. The second kappa shape index (κ2) is 9.96. The van der Waals surface area contributed by atoms with E-state index in [4.69, 9.17) is 4.74 Å². The maximum Gasteiger partial charge on any atom is 0.295 e. The lowest BCUT2D eigenvalue weighted by atomic mass is 9.95. The zero-order valence-corrected chi connectivity index (χ0v) is 18.8. The van der Waals surface area contributed by atoms with Crippen LogP contribution in [0.5, 0.6) is 5.75 Å². The number of hydrogen-bond donors (Lipinski definition) is 1. The van der Waals surface area contributed by atoms with E-state index in [1.54, 1.807) is 36.4 Å². The number of ketones is 1. The normalized spacial score (nSPS) is 18.1. The Balaban J connectivity index is 2.10. The van der Waals surface area contributed by atoms with E-state index in [0.717, 1.165) is 0 Å². The molecule has 0 spiro atoms. The van der Waals surface area contributed by atoms with Gasteiger partial charge in [-0.15, -0.1) is 0 Å². The molecule has 3 rings (SSSR count). The van der Waals surface area contributed by atoms with Gasteiger partial charge >= 0.3 is 0 Å². The van der Waals surface area contributed by atoms with Gasteiger partial charge in [-0.1, -0.05) is 30.3 Å². The molecule has 2 aromatic rings. The summed E-state index contributed by atoms with van der Waals surface area (Å²) in [4.78, 5) is 29.2. The maximum atomic E-state index is 14.8. The van der Waals surface area contributed by atoms with Crippen molar-refractivity contribution in [1.82, 2.24) is 9.80 Å². The van der Waals surface area contributed by atoms with E-state index in [1.165, 1.54) is 17.0 Å². The molecule has 2 aromatic carbocycles. The molecule has 1 unspecified atom stereocenters. The summed E-state index contributed by atoms with van der Waals surface area (Å²) >= 11 is 0. The second-order valence-corrected chi connectivity index (χ2v) is 8.37. The van der Waals surface area contributed by atoms with Crippen molar-refractivity contribution in [1.29, 1.82) is 0 Å². The number of benzene rings is 2. The fourth-order valence-electron chi connectivity index (χ4n) is 3.83.